The van der Waals surface area contributed by atoms with Gasteiger partial charge >= 0.3 is 25.7 Å². The molecule has 0 rings (SSSR count). The van der Waals surface area contributed by atoms with E-state index in [1.807, 2.05) is 6.92 Å². The summed E-state index contributed by atoms with van der Waals surface area (Å²) in [7, 11) is -4.68. The minimum atomic E-state index is -4.68. The van der Waals surface area contributed by atoms with Gasteiger partial charge in [0.1, 0.15) is 12.6 Å². The first kappa shape index (κ1) is 46.5. The van der Waals surface area contributed by atoms with E-state index in [2.05, 4.69) is 11.4 Å². The quantitative estimate of drug-likeness (QED) is 0.0322. The van der Waals surface area contributed by atoms with Gasteiger partial charge in [-0.3, -0.25) is 23.4 Å². The monoisotopic (exact) mass is 707 g/mol. The third-order valence-corrected chi connectivity index (χ3v) is 9.28. The number of carboxylic acid groups (broad SMARTS) is 1. The molecule has 48 heavy (non-hydrogen) atoms. The number of nitrogens with two attached hydrogens (primary N) is 1. The molecule has 0 amide bonds. The number of hydrogen-bond acceptors (Lipinski definition) is 9. The lowest BCUT2D eigenvalue weighted by molar-refractivity contribution is -0.161. The van der Waals surface area contributed by atoms with Crippen molar-refractivity contribution in [2.45, 2.75) is 193 Å². The molecule has 0 aromatic carbocycles. The summed E-state index contributed by atoms with van der Waals surface area (Å²) in [5.74, 6) is -2.43. The van der Waals surface area contributed by atoms with Crippen LogP contribution in [0.4, 0.5) is 0 Å². The molecule has 284 valence electrons. The standard InChI is InChI=1S/C36H70NO10P/c1-3-5-6-7-8-9-10-11-12-13-14-15-16-17-18-19-20-21-22-23-24-25-26-28-35(39)47-32(29-44-34(38)27-4-2)30-45-48(42,43)46-31-33(37)36(40)41/h32-33H,3-31,37H2,1-2H3,(H,40,41)(H,42,43). The number of rotatable bonds is 36. The lowest BCUT2D eigenvalue weighted by Crippen LogP contribution is -2.34. The summed E-state index contributed by atoms with van der Waals surface area (Å²) in [6.07, 6.45) is 29.5. The number of phosphoric ester groups is 1. The highest BCUT2D eigenvalue weighted by Crippen LogP contribution is 2.43. The van der Waals surface area contributed by atoms with Crippen molar-refractivity contribution in [1.82, 2.24) is 0 Å². The van der Waals surface area contributed by atoms with Crippen molar-refractivity contribution in [2.24, 2.45) is 5.73 Å². The van der Waals surface area contributed by atoms with Crippen LogP contribution in [0.3, 0.4) is 0 Å². The zero-order valence-corrected chi connectivity index (χ0v) is 31.2. The largest absolute Gasteiger partial charge is 0.480 e. The van der Waals surface area contributed by atoms with Gasteiger partial charge in [0, 0.05) is 12.8 Å². The summed E-state index contributed by atoms with van der Waals surface area (Å²) in [5, 5.41) is 8.78. The fourth-order valence-electron chi connectivity index (χ4n) is 5.34. The van der Waals surface area contributed by atoms with Gasteiger partial charge in [-0.1, -0.05) is 155 Å². The molecule has 0 aromatic rings. The molecule has 0 bridgehead atoms. The van der Waals surface area contributed by atoms with Gasteiger partial charge in [0.05, 0.1) is 13.2 Å². The Kier molecular flexibility index (Phi) is 31.6. The molecular weight excluding hydrogens is 637 g/mol. The number of unbranched alkanes of at least 4 members (excludes halogenated alkanes) is 22. The maximum absolute atomic E-state index is 12.4. The van der Waals surface area contributed by atoms with E-state index in [0.717, 1.165) is 19.3 Å². The SMILES string of the molecule is CCCCCCCCCCCCCCCCCCCCCCCCCC(=O)OC(COC(=O)CCC)COP(=O)(O)OCC(N)C(=O)O. The summed E-state index contributed by atoms with van der Waals surface area (Å²) >= 11 is 0. The van der Waals surface area contributed by atoms with Crippen molar-refractivity contribution in [1.29, 1.82) is 0 Å². The van der Waals surface area contributed by atoms with Crippen molar-refractivity contribution in [3.05, 3.63) is 0 Å². The number of aliphatic carboxylic acids is 1. The van der Waals surface area contributed by atoms with Gasteiger partial charge in [-0.05, 0) is 12.8 Å². The third-order valence-electron chi connectivity index (χ3n) is 8.32. The normalized spacial score (nSPS) is 13.9. The van der Waals surface area contributed by atoms with E-state index in [0.29, 0.717) is 12.8 Å². The Balaban J connectivity index is 3.87. The second kappa shape index (κ2) is 32.7. The molecule has 0 spiro atoms. The fourth-order valence-corrected chi connectivity index (χ4v) is 6.12. The smallest absolute Gasteiger partial charge is 0.472 e. The molecule has 3 unspecified atom stereocenters. The van der Waals surface area contributed by atoms with Gasteiger partial charge < -0.3 is 25.2 Å². The number of phosphoric acid groups is 1. The van der Waals surface area contributed by atoms with E-state index >= 15 is 0 Å². The number of carboxylic acids is 1. The molecule has 0 aliphatic rings. The summed E-state index contributed by atoms with van der Waals surface area (Å²) < 4.78 is 31.9. The first-order valence-electron chi connectivity index (χ1n) is 19.1. The molecular formula is C36H70NO10P. The van der Waals surface area contributed by atoms with Gasteiger partial charge in [-0.2, -0.15) is 0 Å². The molecule has 0 radical (unpaired) electrons. The van der Waals surface area contributed by atoms with Gasteiger partial charge in [-0.25, -0.2) is 4.57 Å². The van der Waals surface area contributed by atoms with Gasteiger partial charge in [0.15, 0.2) is 6.10 Å². The maximum atomic E-state index is 12.4. The summed E-state index contributed by atoms with van der Waals surface area (Å²) in [6, 6.07) is -1.51. The Bertz CT molecular complexity index is 844. The van der Waals surface area contributed by atoms with Crippen LogP contribution in [0.15, 0.2) is 0 Å². The van der Waals surface area contributed by atoms with E-state index in [1.165, 1.54) is 122 Å². The van der Waals surface area contributed by atoms with Crippen LogP contribution in [0.25, 0.3) is 0 Å². The average Bonchev–Trinajstić information content (AvgIpc) is 3.05. The first-order chi connectivity index (χ1) is 23.1. The predicted octanol–water partition coefficient (Wildman–Crippen LogP) is 9.17. The number of hydrogen-bond donors (Lipinski definition) is 3. The minimum Gasteiger partial charge on any atom is -0.480 e. The van der Waals surface area contributed by atoms with Crippen molar-refractivity contribution in [3.8, 4) is 0 Å². The lowest BCUT2D eigenvalue weighted by atomic mass is 10.0. The van der Waals surface area contributed by atoms with Crippen LogP contribution in [0, 0.1) is 0 Å². The predicted molar refractivity (Wildman–Crippen MR) is 190 cm³/mol. The fraction of sp³-hybridized carbons (Fsp3) is 0.917. The maximum Gasteiger partial charge on any atom is 0.472 e. The van der Waals surface area contributed by atoms with Crippen LogP contribution in [0.1, 0.15) is 181 Å². The van der Waals surface area contributed by atoms with Gasteiger partial charge in [0.2, 0.25) is 0 Å². The van der Waals surface area contributed by atoms with E-state index in [1.54, 1.807) is 0 Å². The van der Waals surface area contributed by atoms with Crippen molar-refractivity contribution >= 4 is 25.7 Å². The minimum absolute atomic E-state index is 0.166. The Morgan fingerprint density at radius 3 is 1.35 bits per heavy atom. The molecule has 0 fully saturated rings. The summed E-state index contributed by atoms with van der Waals surface area (Å²) in [6.45, 7) is 2.40. The van der Waals surface area contributed by atoms with Crippen LogP contribution in [0.5, 0.6) is 0 Å². The molecule has 4 N–H and O–H groups in total. The highest BCUT2D eigenvalue weighted by molar-refractivity contribution is 7.47. The average molecular weight is 708 g/mol. The molecule has 0 saturated heterocycles. The number of carbonyl (C=O) groups is 3. The highest BCUT2D eigenvalue weighted by Gasteiger charge is 2.28. The highest BCUT2D eigenvalue weighted by atomic mass is 31.2. The Hall–Kier alpha value is -1.52. The number of esters is 2. The van der Waals surface area contributed by atoms with Crippen molar-refractivity contribution in [3.63, 3.8) is 0 Å². The molecule has 0 aliphatic heterocycles. The van der Waals surface area contributed by atoms with Crippen LogP contribution in [-0.4, -0.2) is 59.9 Å². The van der Waals surface area contributed by atoms with E-state index < -0.39 is 51.1 Å². The molecule has 0 aromatic heterocycles. The van der Waals surface area contributed by atoms with Gasteiger partial charge in [0.25, 0.3) is 0 Å². The van der Waals surface area contributed by atoms with E-state index in [4.69, 9.17) is 24.8 Å². The van der Waals surface area contributed by atoms with Crippen molar-refractivity contribution < 1.29 is 47.5 Å². The van der Waals surface area contributed by atoms with E-state index in [9.17, 15) is 23.8 Å². The zero-order chi connectivity index (χ0) is 35.7. The molecule has 0 aliphatic carbocycles. The Morgan fingerprint density at radius 1 is 0.562 bits per heavy atom. The molecule has 12 heteroatoms. The first-order valence-corrected chi connectivity index (χ1v) is 20.6. The third kappa shape index (κ3) is 31.7. The second-order valence-corrected chi connectivity index (χ2v) is 14.5. The molecule has 3 atom stereocenters. The lowest BCUT2D eigenvalue weighted by Gasteiger charge is -2.20. The van der Waals surface area contributed by atoms with E-state index in [-0.39, 0.29) is 19.4 Å². The summed E-state index contributed by atoms with van der Waals surface area (Å²) in [5.41, 5.74) is 5.27. The van der Waals surface area contributed by atoms with Crippen LogP contribution in [0.2, 0.25) is 0 Å². The zero-order valence-electron chi connectivity index (χ0n) is 30.3. The topological polar surface area (TPSA) is 172 Å². The van der Waals surface area contributed by atoms with Gasteiger partial charge in [-0.15, -0.1) is 0 Å². The summed E-state index contributed by atoms with van der Waals surface area (Å²) in [4.78, 5) is 44.7. The number of ether oxygens (including phenoxy) is 2. The van der Waals surface area contributed by atoms with Crippen LogP contribution < -0.4 is 5.73 Å². The van der Waals surface area contributed by atoms with Crippen molar-refractivity contribution in [2.75, 3.05) is 19.8 Å². The molecule has 0 heterocycles. The van der Waals surface area contributed by atoms with Crippen LogP contribution >= 0.6 is 7.82 Å². The Morgan fingerprint density at radius 2 is 0.958 bits per heavy atom. The van der Waals surface area contributed by atoms with Crippen LogP contribution in [-0.2, 0) is 37.5 Å². The number of carbonyl (C=O) groups excluding carboxylic acids is 2. The molecule has 0 saturated carbocycles. The second-order valence-electron chi connectivity index (χ2n) is 13.1. The molecule has 11 nitrogen and oxygen atoms in total. The Labute approximate surface area is 291 Å².